The highest BCUT2D eigenvalue weighted by Crippen LogP contribution is 2.15. The zero-order chi connectivity index (χ0) is 57.1. The Labute approximate surface area is 487 Å². The number of unbranched alkanes of at least 4 members (excludes halogenated alkanes) is 25. The van der Waals surface area contributed by atoms with Gasteiger partial charge in [-0.05, 0) is 135 Å². The quantitative estimate of drug-likeness (QED) is 0.0261. The van der Waals surface area contributed by atoms with Crippen molar-refractivity contribution in [3.63, 3.8) is 0 Å². The first-order chi connectivity index (χ1) is 39.0. The summed E-state index contributed by atoms with van der Waals surface area (Å²) < 4.78 is 16.9. The van der Waals surface area contributed by atoms with Crippen molar-refractivity contribution >= 4 is 17.9 Å². The number of carbonyl (C=O) groups is 3. The Kier molecular flexibility index (Phi) is 62.3. The molecule has 1 unspecified atom stereocenters. The van der Waals surface area contributed by atoms with Crippen LogP contribution >= 0.6 is 0 Å². The molecule has 79 heavy (non-hydrogen) atoms. The topological polar surface area (TPSA) is 78.9 Å². The number of allylic oxidation sites excluding steroid dienone is 22. The van der Waals surface area contributed by atoms with Crippen LogP contribution in [0, 0.1) is 0 Å². The van der Waals surface area contributed by atoms with Crippen molar-refractivity contribution in [3.8, 4) is 0 Å². The number of ether oxygens (including phenoxy) is 3. The zero-order valence-electron chi connectivity index (χ0n) is 51.3. The fourth-order valence-corrected chi connectivity index (χ4v) is 8.73. The Morgan fingerprint density at radius 1 is 0.266 bits per heavy atom. The Bertz CT molecular complexity index is 1680. The zero-order valence-corrected chi connectivity index (χ0v) is 51.3. The molecular formula is C73H120O6. The number of esters is 3. The molecule has 0 aliphatic rings. The Balaban J connectivity index is 4.39. The molecule has 0 aromatic heterocycles. The van der Waals surface area contributed by atoms with E-state index < -0.39 is 6.10 Å². The fourth-order valence-electron chi connectivity index (χ4n) is 8.73. The maximum absolute atomic E-state index is 12.9. The molecule has 0 heterocycles. The molecule has 0 aliphatic heterocycles. The number of hydrogen-bond acceptors (Lipinski definition) is 6. The number of rotatable bonds is 58. The Morgan fingerprint density at radius 2 is 0.519 bits per heavy atom. The molecule has 0 bridgehead atoms. The largest absolute Gasteiger partial charge is 0.462 e. The summed E-state index contributed by atoms with van der Waals surface area (Å²) in [6.07, 6.45) is 93.2. The molecule has 1 atom stereocenters. The first kappa shape index (κ1) is 74.5. The van der Waals surface area contributed by atoms with Gasteiger partial charge >= 0.3 is 17.9 Å². The monoisotopic (exact) mass is 1090 g/mol. The molecule has 0 fully saturated rings. The highest BCUT2D eigenvalue weighted by molar-refractivity contribution is 5.71. The predicted octanol–water partition coefficient (Wildman–Crippen LogP) is 22.5. The minimum atomic E-state index is -0.814. The van der Waals surface area contributed by atoms with Crippen molar-refractivity contribution < 1.29 is 28.6 Å². The highest BCUT2D eigenvalue weighted by atomic mass is 16.6. The summed E-state index contributed by atoms with van der Waals surface area (Å²) in [5.74, 6) is -0.963. The van der Waals surface area contributed by atoms with Crippen LogP contribution in [0.2, 0.25) is 0 Å². The molecule has 0 rings (SSSR count). The Morgan fingerprint density at radius 3 is 0.848 bits per heavy atom. The lowest BCUT2D eigenvalue weighted by atomic mass is 10.0. The molecule has 0 radical (unpaired) electrons. The van der Waals surface area contributed by atoms with E-state index in [1.54, 1.807) is 0 Å². The third-order valence-corrected chi connectivity index (χ3v) is 13.6. The van der Waals surface area contributed by atoms with Gasteiger partial charge in [0.25, 0.3) is 0 Å². The van der Waals surface area contributed by atoms with E-state index >= 15 is 0 Å². The van der Waals surface area contributed by atoms with E-state index in [1.807, 2.05) is 0 Å². The van der Waals surface area contributed by atoms with Crippen molar-refractivity contribution in [2.45, 2.75) is 297 Å². The van der Waals surface area contributed by atoms with Gasteiger partial charge in [-0.25, -0.2) is 0 Å². The van der Waals surface area contributed by atoms with Gasteiger partial charge < -0.3 is 14.2 Å². The van der Waals surface area contributed by atoms with Crippen molar-refractivity contribution in [2.24, 2.45) is 0 Å². The molecule has 0 amide bonds. The van der Waals surface area contributed by atoms with Gasteiger partial charge in [-0.15, -0.1) is 0 Å². The van der Waals surface area contributed by atoms with Crippen LogP contribution < -0.4 is 0 Å². The third-order valence-electron chi connectivity index (χ3n) is 13.6. The molecule has 0 aromatic carbocycles. The second kappa shape index (κ2) is 66.1. The molecule has 0 saturated carbocycles. The van der Waals surface area contributed by atoms with Crippen molar-refractivity contribution in [3.05, 3.63) is 134 Å². The third kappa shape index (κ3) is 64.3. The molecule has 0 saturated heterocycles. The smallest absolute Gasteiger partial charge is 0.306 e. The van der Waals surface area contributed by atoms with E-state index in [4.69, 9.17) is 14.2 Å². The lowest BCUT2D eigenvalue weighted by molar-refractivity contribution is -0.167. The van der Waals surface area contributed by atoms with Gasteiger partial charge in [-0.3, -0.25) is 14.4 Å². The second-order valence-corrected chi connectivity index (χ2v) is 21.3. The number of hydrogen-bond donors (Lipinski definition) is 0. The summed E-state index contributed by atoms with van der Waals surface area (Å²) in [7, 11) is 0. The van der Waals surface area contributed by atoms with Gasteiger partial charge in [0.05, 0.1) is 0 Å². The molecule has 0 N–H and O–H groups in total. The van der Waals surface area contributed by atoms with Gasteiger partial charge in [0.2, 0.25) is 0 Å². The van der Waals surface area contributed by atoms with Crippen LogP contribution in [0.15, 0.2) is 134 Å². The lowest BCUT2D eigenvalue weighted by Gasteiger charge is -2.18. The van der Waals surface area contributed by atoms with Crippen LogP contribution in [0.3, 0.4) is 0 Å². The van der Waals surface area contributed by atoms with Gasteiger partial charge in [0, 0.05) is 19.3 Å². The maximum atomic E-state index is 12.9. The minimum absolute atomic E-state index is 0.105. The van der Waals surface area contributed by atoms with Crippen LogP contribution in [0.25, 0.3) is 0 Å². The van der Waals surface area contributed by atoms with Gasteiger partial charge in [-0.2, -0.15) is 0 Å². The SMILES string of the molecule is CC/C=C\C/C=C\C/C=C\C/C=C\C/C=C\C/C=C\CCCCC(=O)OC(COC(=O)CCCCCCC/C=C\C/C=C\CCC)COC(=O)CCCCCCCCCCCCCC/C=C\C/C=C\C/C=C\CCCCCCC. The molecule has 0 aliphatic carbocycles. The average Bonchev–Trinajstić information content (AvgIpc) is 3.45. The van der Waals surface area contributed by atoms with E-state index in [2.05, 4.69) is 154 Å². The molecule has 6 nitrogen and oxygen atoms in total. The van der Waals surface area contributed by atoms with E-state index in [0.29, 0.717) is 19.3 Å². The minimum Gasteiger partial charge on any atom is -0.462 e. The Hall–Kier alpha value is -4.45. The summed E-state index contributed by atoms with van der Waals surface area (Å²) in [5, 5.41) is 0. The normalized spacial score (nSPS) is 13.0. The van der Waals surface area contributed by atoms with Crippen LogP contribution in [-0.2, 0) is 28.6 Å². The lowest BCUT2D eigenvalue weighted by Crippen LogP contribution is -2.30. The molecule has 6 heteroatoms. The summed E-state index contributed by atoms with van der Waals surface area (Å²) in [6, 6.07) is 0. The highest BCUT2D eigenvalue weighted by Gasteiger charge is 2.19. The van der Waals surface area contributed by atoms with Crippen molar-refractivity contribution in [1.82, 2.24) is 0 Å². The second-order valence-electron chi connectivity index (χ2n) is 21.3. The first-order valence-corrected chi connectivity index (χ1v) is 32.7. The van der Waals surface area contributed by atoms with E-state index in [9.17, 15) is 14.4 Å². The van der Waals surface area contributed by atoms with Crippen molar-refractivity contribution in [1.29, 1.82) is 0 Å². The molecule has 0 spiro atoms. The van der Waals surface area contributed by atoms with Crippen LogP contribution in [0.4, 0.5) is 0 Å². The summed E-state index contributed by atoms with van der Waals surface area (Å²) >= 11 is 0. The average molecular weight is 1090 g/mol. The van der Waals surface area contributed by atoms with Crippen LogP contribution in [0.5, 0.6) is 0 Å². The first-order valence-electron chi connectivity index (χ1n) is 32.7. The molecular weight excluding hydrogens is 973 g/mol. The summed E-state index contributed by atoms with van der Waals surface area (Å²) in [5.41, 5.74) is 0. The van der Waals surface area contributed by atoms with Gasteiger partial charge in [0.15, 0.2) is 6.10 Å². The fraction of sp³-hybridized carbons (Fsp3) is 0.658. The van der Waals surface area contributed by atoms with Gasteiger partial charge in [0.1, 0.15) is 13.2 Å². The van der Waals surface area contributed by atoms with E-state index in [-0.39, 0.29) is 37.5 Å². The standard InChI is InChI=1S/C73H120O6/c1-4-7-10-13-16-19-22-25-27-29-31-33-34-35-36-37-38-40-41-43-45-48-51-54-57-60-63-66-72(75)78-69-70(68-77-71(74)65-62-59-56-53-50-47-24-21-18-15-12-9-6-3)79-73(76)67-64-61-58-55-52-49-46-44-42-39-32-30-28-26-23-20-17-14-11-8-5-2/h8,11-12,15,17,20-22,24-26,28-29,31-32,34-35,39,44,46,52,55,70H,4-7,9-10,13-14,16,18-19,23,27,30,33,36-38,40-43,45,47-51,53-54,56-69H2,1-3H3/b11-8-,15-12-,20-17-,24-21-,25-22-,28-26-,31-29-,35-34-,39-32-,46-44-,55-52-. The van der Waals surface area contributed by atoms with E-state index in [0.717, 1.165) is 135 Å². The van der Waals surface area contributed by atoms with Gasteiger partial charge in [-0.1, -0.05) is 270 Å². The van der Waals surface area contributed by atoms with E-state index in [1.165, 1.54) is 109 Å². The summed E-state index contributed by atoms with van der Waals surface area (Å²) in [4.78, 5) is 38.3. The van der Waals surface area contributed by atoms with Crippen LogP contribution in [-0.4, -0.2) is 37.2 Å². The number of carbonyl (C=O) groups excluding carboxylic acids is 3. The van der Waals surface area contributed by atoms with Crippen LogP contribution in [0.1, 0.15) is 290 Å². The molecule has 0 aromatic rings. The van der Waals surface area contributed by atoms with Crippen molar-refractivity contribution in [2.75, 3.05) is 13.2 Å². The summed E-state index contributed by atoms with van der Waals surface area (Å²) in [6.45, 7) is 6.41. The maximum Gasteiger partial charge on any atom is 0.306 e. The predicted molar refractivity (Wildman–Crippen MR) is 343 cm³/mol. The molecule has 448 valence electrons.